The van der Waals surface area contributed by atoms with Crippen LogP contribution in [-0.4, -0.2) is 60.1 Å². The van der Waals surface area contributed by atoms with Crippen molar-refractivity contribution in [2.75, 3.05) is 7.11 Å². The monoisotopic (exact) mass is 461 g/mol. The lowest BCUT2D eigenvalue weighted by atomic mass is 9.64. The number of amides is 2. The molecule has 7 unspecified atom stereocenters. The zero-order valence-corrected chi connectivity index (χ0v) is 21.4. The van der Waals surface area contributed by atoms with E-state index in [9.17, 15) is 9.59 Å². The molecule has 2 amide bonds. The Labute approximate surface area is 201 Å². The molecule has 0 aromatic heterocycles. The van der Waals surface area contributed by atoms with Crippen LogP contribution in [0.4, 0.5) is 0 Å². The van der Waals surface area contributed by atoms with E-state index in [1.165, 1.54) is 44.9 Å². The first-order chi connectivity index (χ1) is 15.9. The van der Waals surface area contributed by atoms with Gasteiger partial charge in [0.1, 0.15) is 0 Å². The van der Waals surface area contributed by atoms with Gasteiger partial charge < -0.3 is 20.3 Å². The van der Waals surface area contributed by atoms with Crippen molar-refractivity contribution in [3.05, 3.63) is 0 Å². The molecule has 1 heterocycles. The fourth-order valence-electron chi connectivity index (χ4n) is 8.07. The van der Waals surface area contributed by atoms with Gasteiger partial charge >= 0.3 is 0 Å². The Morgan fingerprint density at radius 3 is 2.33 bits per heavy atom. The summed E-state index contributed by atoms with van der Waals surface area (Å²) in [4.78, 5) is 26.5. The van der Waals surface area contributed by atoms with Crippen molar-refractivity contribution in [2.24, 2.45) is 17.8 Å². The van der Waals surface area contributed by atoms with Crippen LogP contribution in [0.3, 0.4) is 0 Å². The van der Waals surface area contributed by atoms with Crippen LogP contribution < -0.4 is 10.6 Å². The molecule has 4 rings (SSSR count). The number of rotatable bonds is 5. The van der Waals surface area contributed by atoms with E-state index in [1.54, 1.807) is 13.8 Å². The van der Waals surface area contributed by atoms with E-state index in [1.807, 2.05) is 7.11 Å². The van der Waals surface area contributed by atoms with Gasteiger partial charge in [-0.15, -0.1) is 0 Å². The lowest BCUT2D eigenvalue weighted by Gasteiger charge is -2.54. The van der Waals surface area contributed by atoms with Gasteiger partial charge in [0.05, 0.1) is 6.10 Å². The molecule has 33 heavy (non-hydrogen) atoms. The van der Waals surface area contributed by atoms with Crippen LogP contribution in [0.2, 0.25) is 0 Å². The average Bonchev–Trinajstić information content (AvgIpc) is 2.78. The summed E-state index contributed by atoms with van der Waals surface area (Å²) in [6.45, 7) is 5.64. The number of ether oxygens (including phenoxy) is 1. The molecule has 0 bridgehead atoms. The molecule has 3 saturated carbocycles. The summed E-state index contributed by atoms with van der Waals surface area (Å²) in [5, 5.41) is 7.28. The van der Waals surface area contributed by atoms with Crippen LogP contribution in [-0.2, 0) is 14.3 Å². The zero-order chi connectivity index (χ0) is 23.5. The topological polar surface area (TPSA) is 70.7 Å². The van der Waals surface area contributed by atoms with E-state index in [0.29, 0.717) is 54.1 Å². The number of nitrogens with zero attached hydrogens (tertiary/aromatic N) is 1. The third-order valence-electron chi connectivity index (χ3n) is 9.43. The number of hydrogen-bond acceptors (Lipinski definition) is 4. The fraction of sp³-hybridized carbons (Fsp3) is 0.926. The predicted octanol–water partition coefficient (Wildman–Crippen LogP) is 4.02. The number of piperidine rings is 1. The molecular weight excluding hydrogens is 414 g/mol. The maximum atomic E-state index is 12.6. The van der Waals surface area contributed by atoms with Crippen molar-refractivity contribution in [1.82, 2.24) is 15.5 Å². The van der Waals surface area contributed by atoms with E-state index in [4.69, 9.17) is 4.74 Å². The molecule has 6 nitrogen and oxygen atoms in total. The molecule has 0 aromatic rings. The SMILES string of the molecule is COC1CCCCC1N[C@@H]1C[C@H](C)N(C(C)=O)C2CCC(C3CCCC(NC(C)=O)C3)CC21. The minimum atomic E-state index is 0.104. The van der Waals surface area contributed by atoms with Crippen LogP contribution in [0, 0.1) is 17.8 Å². The highest BCUT2D eigenvalue weighted by Gasteiger charge is 2.47. The normalized spacial score (nSPS) is 41.8. The van der Waals surface area contributed by atoms with E-state index < -0.39 is 0 Å². The van der Waals surface area contributed by atoms with Crippen molar-refractivity contribution in [2.45, 2.75) is 134 Å². The van der Waals surface area contributed by atoms with E-state index in [-0.39, 0.29) is 11.8 Å². The Bertz CT molecular complexity index is 686. The first kappa shape index (κ1) is 25.0. The molecule has 4 aliphatic rings. The predicted molar refractivity (Wildman–Crippen MR) is 131 cm³/mol. The second-order valence-electron chi connectivity index (χ2n) is 11.6. The van der Waals surface area contributed by atoms with Gasteiger partial charge in [0, 0.05) is 51.2 Å². The van der Waals surface area contributed by atoms with Crippen LogP contribution in [0.1, 0.15) is 97.8 Å². The minimum absolute atomic E-state index is 0.104. The van der Waals surface area contributed by atoms with Gasteiger partial charge in [-0.25, -0.2) is 0 Å². The zero-order valence-electron chi connectivity index (χ0n) is 21.4. The third-order valence-corrected chi connectivity index (χ3v) is 9.43. The summed E-state index contributed by atoms with van der Waals surface area (Å²) in [5.74, 6) is 2.27. The number of nitrogens with one attached hydrogen (secondary N) is 2. The fourth-order valence-corrected chi connectivity index (χ4v) is 8.07. The summed E-state index contributed by atoms with van der Waals surface area (Å²) in [6, 6.07) is 1.89. The largest absolute Gasteiger partial charge is 0.380 e. The lowest BCUT2D eigenvalue weighted by Crippen LogP contribution is -2.64. The first-order valence-electron chi connectivity index (χ1n) is 13.7. The first-order valence-corrected chi connectivity index (χ1v) is 13.7. The molecule has 0 spiro atoms. The maximum absolute atomic E-state index is 12.6. The van der Waals surface area contributed by atoms with Gasteiger partial charge in [-0.3, -0.25) is 9.59 Å². The highest BCUT2D eigenvalue weighted by molar-refractivity contribution is 5.74. The number of likely N-dealkylation sites (tertiary alicyclic amines) is 1. The molecule has 9 atom stereocenters. The van der Waals surface area contributed by atoms with Crippen molar-refractivity contribution >= 4 is 11.8 Å². The second kappa shape index (κ2) is 11.1. The summed E-state index contributed by atoms with van der Waals surface area (Å²) in [6.07, 6.45) is 14.5. The molecule has 6 heteroatoms. The quantitative estimate of drug-likeness (QED) is 0.649. The molecule has 4 fully saturated rings. The molecule has 1 aliphatic heterocycles. The Balaban J connectivity index is 1.48. The number of fused-ring (bicyclic) bond motifs is 1. The van der Waals surface area contributed by atoms with E-state index >= 15 is 0 Å². The van der Waals surface area contributed by atoms with Crippen LogP contribution in [0.5, 0.6) is 0 Å². The van der Waals surface area contributed by atoms with Crippen molar-refractivity contribution < 1.29 is 14.3 Å². The van der Waals surface area contributed by atoms with E-state index in [2.05, 4.69) is 22.5 Å². The second-order valence-corrected chi connectivity index (χ2v) is 11.6. The average molecular weight is 462 g/mol. The maximum Gasteiger partial charge on any atom is 0.219 e. The Kier molecular flexibility index (Phi) is 8.37. The lowest BCUT2D eigenvalue weighted by molar-refractivity contribution is -0.141. The summed E-state index contributed by atoms with van der Waals surface area (Å²) in [7, 11) is 1.86. The number of methoxy groups -OCH3 is 1. The Morgan fingerprint density at radius 2 is 1.61 bits per heavy atom. The Hall–Kier alpha value is -1.14. The summed E-state index contributed by atoms with van der Waals surface area (Å²) in [5.41, 5.74) is 0. The molecule has 0 aromatic carbocycles. The van der Waals surface area contributed by atoms with Gasteiger partial charge in [-0.1, -0.05) is 25.7 Å². The van der Waals surface area contributed by atoms with E-state index in [0.717, 1.165) is 32.1 Å². The van der Waals surface area contributed by atoms with Gasteiger partial charge in [-0.2, -0.15) is 0 Å². The number of carbonyl (C=O) groups is 2. The summed E-state index contributed by atoms with van der Waals surface area (Å²) < 4.78 is 5.87. The van der Waals surface area contributed by atoms with Crippen LogP contribution in [0.25, 0.3) is 0 Å². The highest BCUT2D eigenvalue weighted by atomic mass is 16.5. The van der Waals surface area contributed by atoms with Gasteiger partial charge in [0.15, 0.2) is 0 Å². The highest BCUT2D eigenvalue weighted by Crippen LogP contribution is 2.46. The summed E-state index contributed by atoms with van der Waals surface area (Å²) >= 11 is 0. The molecule has 3 aliphatic carbocycles. The third kappa shape index (κ3) is 5.75. The molecule has 2 N–H and O–H groups in total. The van der Waals surface area contributed by atoms with Crippen molar-refractivity contribution in [1.29, 1.82) is 0 Å². The molecule has 188 valence electrons. The number of hydrogen-bond donors (Lipinski definition) is 2. The smallest absolute Gasteiger partial charge is 0.219 e. The molecule has 0 radical (unpaired) electrons. The number of carbonyl (C=O) groups excluding carboxylic acids is 2. The standard InChI is InChI=1S/C27H47N3O3/c1-17-14-25(29-24-10-5-6-11-27(24)33-4)23-16-21(12-13-26(23)30(17)19(3)32)20-8-7-9-22(15-20)28-18(2)31/h17,20-27,29H,5-16H2,1-4H3,(H,28,31)/t17-,20?,21?,22?,23?,24?,25+,26?,27?/m0/s1. The Morgan fingerprint density at radius 1 is 0.848 bits per heavy atom. The molecule has 1 saturated heterocycles. The minimum Gasteiger partial charge on any atom is -0.380 e. The van der Waals surface area contributed by atoms with Crippen LogP contribution >= 0.6 is 0 Å². The van der Waals surface area contributed by atoms with Gasteiger partial charge in [0.2, 0.25) is 11.8 Å². The van der Waals surface area contributed by atoms with Crippen molar-refractivity contribution in [3.8, 4) is 0 Å². The van der Waals surface area contributed by atoms with Crippen LogP contribution in [0.15, 0.2) is 0 Å². The van der Waals surface area contributed by atoms with Crippen molar-refractivity contribution in [3.63, 3.8) is 0 Å². The van der Waals surface area contributed by atoms with Gasteiger partial charge in [-0.05, 0) is 76.0 Å². The van der Waals surface area contributed by atoms with Gasteiger partial charge in [0.25, 0.3) is 0 Å². The molecular formula is C27H47N3O3.